The second-order valence-corrected chi connectivity index (χ2v) is 8.77. The van der Waals surface area contributed by atoms with Gasteiger partial charge in [0.05, 0.1) is 6.10 Å². The van der Waals surface area contributed by atoms with Gasteiger partial charge in [0.2, 0.25) is 0 Å². The van der Waals surface area contributed by atoms with Gasteiger partial charge in [-0.2, -0.15) is 0 Å². The molecule has 1 heteroatoms. The molecule has 0 spiro atoms. The van der Waals surface area contributed by atoms with E-state index < -0.39 is 0 Å². The minimum absolute atomic E-state index is 0.00775. The average Bonchev–Trinajstić information content (AvgIpc) is 2.81. The quantitative estimate of drug-likeness (QED) is 0.642. The summed E-state index contributed by atoms with van der Waals surface area (Å²) in [6, 6.07) is 0. The highest BCUT2D eigenvalue weighted by Gasteiger charge is 2.56. The lowest BCUT2D eigenvalue weighted by Crippen LogP contribution is -2.53. The summed E-state index contributed by atoms with van der Waals surface area (Å²) in [5, 5.41) is 10.0. The van der Waals surface area contributed by atoms with Crippen molar-refractivity contribution in [2.75, 3.05) is 0 Å². The molecule has 0 radical (unpaired) electrons. The zero-order valence-corrected chi connectivity index (χ0v) is 13.1. The maximum atomic E-state index is 10.0. The Kier molecular flexibility index (Phi) is 2.91. The van der Waals surface area contributed by atoms with E-state index in [1.807, 2.05) is 0 Å². The topological polar surface area (TPSA) is 20.2 Å². The Morgan fingerprint density at radius 2 is 1.85 bits per heavy atom. The smallest absolute Gasteiger partial charge is 0.0543 e. The first kappa shape index (κ1) is 13.4. The Hall–Kier alpha value is -0.300. The minimum Gasteiger partial charge on any atom is -0.393 e. The van der Waals surface area contributed by atoms with Crippen molar-refractivity contribution in [2.24, 2.45) is 34.5 Å². The van der Waals surface area contributed by atoms with Crippen molar-refractivity contribution in [3.8, 4) is 0 Å². The summed E-state index contributed by atoms with van der Waals surface area (Å²) < 4.78 is 0. The molecule has 4 aliphatic carbocycles. The van der Waals surface area contributed by atoms with Crippen LogP contribution in [0.4, 0.5) is 0 Å². The third-order valence-corrected chi connectivity index (χ3v) is 7.96. The number of aliphatic hydroxyl groups excluding tert-OH is 1. The van der Waals surface area contributed by atoms with E-state index in [0.717, 1.165) is 36.5 Å². The van der Waals surface area contributed by atoms with Crippen LogP contribution >= 0.6 is 0 Å². The molecule has 0 saturated heterocycles. The monoisotopic (exact) mass is 274 g/mol. The molecule has 1 nitrogen and oxygen atoms in total. The van der Waals surface area contributed by atoms with Gasteiger partial charge in [-0.3, -0.25) is 0 Å². The molecule has 0 aromatic heterocycles. The summed E-state index contributed by atoms with van der Waals surface area (Å²) in [7, 11) is 0. The van der Waals surface area contributed by atoms with Gasteiger partial charge in [0.25, 0.3) is 0 Å². The maximum Gasteiger partial charge on any atom is 0.0543 e. The van der Waals surface area contributed by atoms with Crippen LogP contribution in [0.25, 0.3) is 0 Å². The van der Waals surface area contributed by atoms with E-state index >= 15 is 0 Å². The molecule has 3 fully saturated rings. The molecule has 112 valence electrons. The van der Waals surface area contributed by atoms with Crippen LogP contribution in [0.3, 0.4) is 0 Å². The first-order valence-electron chi connectivity index (χ1n) is 8.89. The van der Waals surface area contributed by atoms with Crippen molar-refractivity contribution in [1.82, 2.24) is 0 Å². The number of hydrogen-bond acceptors (Lipinski definition) is 1. The summed E-state index contributed by atoms with van der Waals surface area (Å²) in [6.45, 7) is 5.09. The third kappa shape index (κ3) is 1.71. The number of allylic oxidation sites excluding steroid dienone is 2. The second-order valence-electron chi connectivity index (χ2n) is 8.77. The molecular weight excluding hydrogens is 244 g/mol. The first-order valence-corrected chi connectivity index (χ1v) is 8.89. The van der Waals surface area contributed by atoms with Gasteiger partial charge in [-0.25, -0.2) is 0 Å². The summed E-state index contributed by atoms with van der Waals surface area (Å²) in [5.74, 6) is 3.61. The number of hydrogen-bond donors (Lipinski definition) is 1. The summed E-state index contributed by atoms with van der Waals surface area (Å²) in [5.41, 5.74) is 1.05. The molecule has 7 atom stereocenters. The normalized spacial score (nSPS) is 57.9. The van der Waals surface area contributed by atoms with Crippen molar-refractivity contribution < 1.29 is 5.11 Å². The van der Waals surface area contributed by atoms with E-state index in [2.05, 4.69) is 26.0 Å². The van der Waals surface area contributed by atoms with Crippen LogP contribution < -0.4 is 0 Å². The van der Waals surface area contributed by atoms with Gasteiger partial charge in [-0.15, -0.1) is 0 Å². The largest absolute Gasteiger partial charge is 0.393 e. The number of aliphatic hydroxyl groups is 1. The number of rotatable bonds is 0. The zero-order chi connectivity index (χ0) is 14.0. The fraction of sp³-hybridized carbons (Fsp3) is 0.895. The summed E-state index contributed by atoms with van der Waals surface area (Å²) in [4.78, 5) is 0. The van der Waals surface area contributed by atoms with Gasteiger partial charge in [-0.05, 0) is 85.9 Å². The SMILES string of the molecule is C[C@]12CC[C@H](O)C[C@@H]1CC[C@H]1[C@H]3CC=C[C@@]3(C)CC[C@@H]12. The van der Waals surface area contributed by atoms with Gasteiger partial charge in [0.1, 0.15) is 0 Å². The Labute approximate surface area is 123 Å². The first-order chi connectivity index (χ1) is 9.53. The molecule has 4 aliphatic rings. The fourth-order valence-corrected chi connectivity index (χ4v) is 6.72. The lowest BCUT2D eigenvalue weighted by atomic mass is 9.45. The van der Waals surface area contributed by atoms with Crippen LogP contribution in [-0.2, 0) is 0 Å². The molecule has 0 amide bonds. The second kappa shape index (κ2) is 4.35. The Morgan fingerprint density at radius 1 is 1.00 bits per heavy atom. The number of fused-ring (bicyclic) bond motifs is 5. The van der Waals surface area contributed by atoms with E-state index in [4.69, 9.17) is 0 Å². The third-order valence-electron chi connectivity index (χ3n) is 7.96. The van der Waals surface area contributed by atoms with Gasteiger partial charge >= 0.3 is 0 Å². The van der Waals surface area contributed by atoms with E-state index in [0.29, 0.717) is 10.8 Å². The standard InChI is InChI=1S/C19H30O/c1-18-9-3-4-16(18)15-6-5-13-12-14(20)7-11-19(13,2)17(15)8-10-18/h3,9,13-17,20H,4-8,10-12H2,1-2H3/t13-,14-,15-,16+,17-,18-,19-/m0/s1. The molecule has 4 rings (SSSR count). The molecule has 0 aromatic rings. The van der Waals surface area contributed by atoms with Gasteiger partial charge < -0.3 is 5.11 Å². The van der Waals surface area contributed by atoms with Crippen molar-refractivity contribution >= 4 is 0 Å². The molecule has 0 aliphatic heterocycles. The average molecular weight is 274 g/mol. The summed E-state index contributed by atoms with van der Waals surface area (Å²) in [6.07, 6.45) is 15.4. The van der Waals surface area contributed by atoms with Gasteiger partial charge in [-0.1, -0.05) is 26.0 Å². The van der Waals surface area contributed by atoms with Crippen LogP contribution in [0.15, 0.2) is 12.2 Å². The Morgan fingerprint density at radius 3 is 2.70 bits per heavy atom. The van der Waals surface area contributed by atoms with Crippen molar-refractivity contribution in [1.29, 1.82) is 0 Å². The maximum absolute atomic E-state index is 10.0. The Bertz CT molecular complexity index is 427. The highest BCUT2D eigenvalue weighted by atomic mass is 16.3. The highest BCUT2D eigenvalue weighted by molar-refractivity contribution is 5.16. The molecule has 0 aromatic carbocycles. The fourth-order valence-electron chi connectivity index (χ4n) is 6.72. The molecule has 0 heterocycles. The van der Waals surface area contributed by atoms with Gasteiger partial charge in [0, 0.05) is 0 Å². The van der Waals surface area contributed by atoms with Gasteiger partial charge in [0.15, 0.2) is 0 Å². The predicted molar refractivity (Wildman–Crippen MR) is 82.3 cm³/mol. The summed E-state index contributed by atoms with van der Waals surface area (Å²) >= 11 is 0. The van der Waals surface area contributed by atoms with Crippen LogP contribution in [0.1, 0.15) is 65.2 Å². The van der Waals surface area contributed by atoms with E-state index in [-0.39, 0.29) is 6.10 Å². The van der Waals surface area contributed by atoms with E-state index in [9.17, 15) is 5.11 Å². The lowest BCUT2D eigenvalue weighted by molar-refractivity contribution is -0.116. The van der Waals surface area contributed by atoms with Crippen LogP contribution in [0, 0.1) is 34.5 Å². The molecular formula is C19H30O. The van der Waals surface area contributed by atoms with Crippen LogP contribution in [0.2, 0.25) is 0 Å². The molecule has 1 N–H and O–H groups in total. The molecule has 0 unspecified atom stereocenters. The predicted octanol–water partition coefficient (Wildman–Crippen LogP) is 4.56. The zero-order valence-electron chi connectivity index (χ0n) is 13.1. The van der Waals surface area contributed by atoms with Crippen molar-refractivity contribution in [3.05, 3.63) is 12.2 Å². The van der Waals surface area contributed by atoms with Crippen molar-refractivity contribution in [2.45, 2.75) is 71.3 Å². The van der Waals surface area contributed by atoms with Crippen LogP contribution in [0.5, 0.6) is 0 Å². The molecule has 0 bridgehead atoms. The highest BCUT2D eigenvalue weighted by Crippen LogP contribution is 2.64. The lowest BCUT2D eigenvalue weighted by Gasteiger charge is -2.60. The molecule has 20 heavy (non-hydrogen) atoms. The van der Waals surface area contributed by atoms with E-state index in [1.165, 1.54) is 38.5 Å². The minimum atomic E-state index is -0.00775. The Balaban J connectivity index is 1.63. The van der Waals surface area contributed by atoms with Crippen LogP contribution in [-0.4, -0.2) is 11.2 Å². The molecule has 3 saturated carbocycles. The van der Waals surface area contributed by atoms with Crippen molar-refractivity contribution in [3.63, 3.8) is 0 Å². The van der Waals surface area contributed by atoms with E-state index in [1.54, 1.807) is 0 Å².